The van der Waals surface area contributed by atoms with Crippen molar-refractivity contribution in [3.8, 4) is 0 Å². The van der Waals surface area contributed by atoms with Crippen molar-refractivity contribution in [3.63, 3.8) is 0 Å². The van der Waals surface area contributed by atoms with E-state index in [1.54, 1.807) is 0 Å². The average Bonchev–Trinajstić information content (AvgIpc) is 2.79. The van der Waals surface area contributed by atoms with Crippen LogP contribution in [0.25, 0.3) is 0 Å². The van der Waals surface area contributed by atoms with E-state index in [-0.39, 0.29) is 18.1 Å². The van der Waals surface area contributed by atoms with Gasteiger partial charge in [-0.1, -0.05) is 0 Å². The molecule has 2 atom stereocenters. The largest absolute Gasteiger partial charge is 0.353 e. The number of nitrogens with one attached hydrogen (secondary N) is 2. The molecule has 2 N–H and O–H groups in total. The first-order chi connectivity index (χ1) is 11.1. The normalized spacial score (nSPS) is 24.7. The minimum Gasteiger partial charge on any atom is -0.353 e. The molecule has 3 rings (SSSR count). The predicted octanol–water partition coefficient (Wildman–Crippen LogP) is -0.151. The molecule has 24 heavy (non-hydrogen) atoms. The third-order valence-electron chi connectivity index (χ3n) is 4.05. The minimum absolute atomic E-state index is 0.0756. The molecular formula is C13H16FN3O5S2. The van der Waals surface area contributed by atoms with Crippen LogP contribution in [-0.4, -0.2) is 51.9 Å². The van der Waals surface area contributed by atoms with E-state index in [9.17, 15) is 26.0 Å². The SMILES string of the molecule is CS(=O)(=O)Nc1ccc(S(=O)(=O)N2C3CCC2C(=O)NC3)c(F)c1. The van der Waals surface area contributed by atoms with Crippen molar-refractivity contribution in [1.29, 1.82) is 0 Å². The van der Waals surface area contributed by atoms with Crippen LogP contribution < -0.4 is 10.0 Å². The molecule has 0 spiro atoms. The van der Waals surface area contributed by atoms with Crippen molar-refractivity contribution in [2.45, 2.75) is 29.8 Å². The molecule has 2 heterocycles. The second-order valence-corrected chi connectivity index (χ2v) is 9.41. The molecule has 132 valence electrons. The third kappa shape index (κ3) is 2.98. The predicted molar refractivity (Wildman–Crippen MR) is 83.7 cm³/mol. The number of carbonyl (C=O) groups is 1. The van der Waals surface area contributed by atoms with Crippen LogP contribution in [0.3, 0.4) is 0 Å². The highest BCUT2D eigenvalue weighted by Crippen LogP contribution is 2.34. The van der Waals surface area contributed by atoms with Crippen molar-refractivity contribution in [2.24, 2.45) is 0 Å². The van der Waals surface area contributed by atoms with Gasteiger partial charge < -0.3 is 5.32 Å². The first kappa shape index (κ1) is 17.1. The zero-order valence-corrected chi connectivity index (χ0v) is 14.3. The monoisotopic (exact) mass is 377 g/mol. The van der Waals surface area contributed by atoms with E-state index in [2.05, 4.69) is 10.0 Å². The van der Waals surface area contributed by atoms with Gasteiger partial charge in [-0.2, -0.15) is 4.31 Å². The van der Waals surface area contributed by atoms with Crippen LogP contribution in [0.1, 0.15) is 12.8 Å². The Balaban J connectivity index is 1.97. The Morgan fingerprint density at radius 2 is 1.96 bits per heavy atom. The maximum atomic E-state index is 14.3. The van der Waals surface area contributed by atoms with Gasteiger partial charge in [0.1, 0.15) is 16.8 Å². The van der Waals surface area contributed by atoms with Crippen LogP contribution in [0.2, 0.25) is 0 Å². The standard InChI is InChI=1S/C13H16FN3O5S2/c1-23(19,20)16-8-2-5-12(10(14)6-8)24(21,22)17-9-3-4-11(17)13(18)15-7-9/h2,5-6,9,11,16H,3-4,7H2,1H3,(H,15,18). The van der Waals surface area contributed by atoms with E-state index in [1.165, 1.54) is 6.07 Å². The summed E-state index contributed by atoms with van der Waals surface area (Å²) in [7, 11) is -7.81. The van der Waals surface area contributed by atoms with Gasteiger partial charge in [-0.05, 0) is 31.0 Å². The zero-order chi connectivity index (χ0) is 17.7. The van der Waals surface area contributed by atoms with Crippen molar-refractivity contribution in [3.05, 3.63) is 24.0 Å². The Hall–Kier alpha value is -1.72. The van der Waals surface area contributed by atoms with Gasteiger partial charge in [0.2, 0.25) is 26.0 Å². The van der Waals surface area contributed by atoms with E-state index < -0.39 is 42.8 Å². The highest BCUT2D eigenvalue weighted by Gasteiger charge is 2.49. The van der Waals surface area contributed by atoms with Crippen LogP contribution in [0, 0.1) is 5.82 Å². The summed E-state index contributed by atoms with van der Waals surface area (Å²) in [4.78, 5) is 11.3. The van der Waals surface area contributed by atoms with E-state index >= 15 is 0 Å². The molecular weight excluding hydrogens is 361 g/mol. The fraction of sp³-hybridized carbons (Fsp3) is 0.462. The number of hydrogen-bond donors (Lipinski definition) is 2. The molecule has 8 nitrogen and oxygen atoms in total. The molecule has 0 saturated carbocycles. The molecule has 0 radical (unpaired) electrons. The summed E-state index contributed by atoms with van der Waals surface area (Å²) in [6, 6.07) is 1.75. The van der Waals surface area contributed by atoms with Crippen LogP contribution in [0.4, 0.5) is 10.1 Å². The van der Waals surface area contributed by atoms with Gasteiger partial charge in [0, 0.05) is 12.6 Å². The molecule has 2 fully saturated rings. The Labute approximate surface area is 139 Å². The Morgan fingerprint density at radius 1 is 1.25 bits per heavy atom. The summed E-state index contributed by atoms with van der Waals surface area (Å²) in [5, 5.41) is 2.63. The Morgan fingerprint density at radius 3 is 2.58 bits per heavy atom. The highest BCUT2D eigenvalue weighted by atomic mass is 32.2. The molecule has 0 aliphatic carbocycles. The molecule has 1 aromatic rings. The molecule has 0 aromatic heterocycles. The summed E-state index contributed by atoms with van der Waals surface area (Å²) in [5.74, 6) is -1.46. The maximum Gasteiger partial charge on any atom is 0.247 e. The molecule has 2 aliphatic heterocycles. The molecule has 2 aliphatic rings. The summed E-state index contributed by atoms with van der Waals surface area (Å²) in [5.41, 5.74) is -0.0756. The summed E-state index contributed by atoms with van der Waals surface area (Å²) in [6.45, 7) is 0.198. The minimum atomic E-state index is -4.20. The lowest BCUT2D eigenvalue weighted by Gasteiger charge is -2.33. The van der Waals surface area contributed by atoms with Gasteiger partial charge in [0.05, 0.1) is 11.9 Å². The molecule has 1 aromatic carbocycles. The first-order valence-corrected chi connectivity index (χ1v) is 10.5. The lowest BCUT2D eigenvalue weighted by molar-refractivity contribution is -0.126. The first-order valence-electron chi connectivity index (χ1n) is 7.18. The maximum absolute atomic E-state index is 14.3. The van der Waals surface area contributed by atoms with Crippen molar-refractivity contribution >= 4 is 31.6 Å². The number of fused-ring (bicyclic) bond motifs is 2. The highest BCUT2D eigenvalue weighted by molar-refractivity contribution is 7.92. The lowest BCUT2D eigenvalue weighted by atomic mass is 10.2. The smallest absolute Gasteiger partial charge is 0.247 e. The number of benzene rings is 1. The number of rotatable bonds is 4. The van der Waals surface area contributed by atoms with Gasteiger partial charge in [-0.25, -0.2) is 21.2 Å². The van der Waals surface area contributed by atoms with E-state index in [1.807, 2.05) is 0 Å². The van der Waals surface area contributed by atoms with Gasteiger partial charge in [-0.3, -0.25) is 9.52 Å². The number of carbonyl (C=O) groups excluding carboxylic acids is 1. The molecule has 2 unspecified atom stereocenters. The van der Waals surface area contributed by atoms with Gasteiger partial charge >= 0.3 is 0 Å². The summed E-state index contributed by atoms with van der Waals surface area (Å²) >= 11 is 0. The van der Waals surface area contributed by atoms with E-state index in [0.717, 1.165) is 22.7 Å². The second-order valence-electron chi connectivity index (χ2n) is 5.85. The van der Waals surface area contributed by atoms with Crippen molar-refractivity contribution in [1.82, 2.24) is 9.62 Å². The quantitative estimate of drug-likeness (QED) is 0.758. The number of halogens is 1. The van der Waals surface area contributed by atoms with Crippen LogP contribution in [-0.2, 0) is 24.8 Å². The average molecular weight is 377 g/mol. The zero-order valence-electron chi connectivity index (χ0n) is 12.7. The number of nitrogens with zero attached hydrogens (tertiary/aromatic N) is 1. The molecule has 2 bridgehead atoms. The molecule has 2 saturated heterocycles. The Kier molecular flexibility index (Phi) is 4.04. The Bertz CT molecular complexity index is 900. The number of hydrogen-bond acceptors (Lipinski definition) is 5. The second kappa shape index (κ2) is 5.67. The topological polar surface area (TPSA) is 113 Å². The van der Waals surface area contributed by atoms with E-state index in [4.69, 9.17) is 0 Å². The van der Waals surface area contributed by atoms with Gasteiger partial charge in [0.25, 0.3) is 0 Å². The van der Waals surface area contributed by atoms with Crippen LogP contribution in [0.5, 0.6) is 0 Å². The van der Waals surface area contributed by atoms with Crippen LogP contribution >= 0.6 is 0 Å². The molecule has 11 heteroatoms. The van der Waals surface area contributed by atoms with Crippen LogP contribution in [0.15, 0.2) is 23.1 Å². The number of piperazine rings is 1. The third-order valence-corrected chi connectivity index (χ3v) is 6.65. The number of amides is 1. The van der Waals surface area contributed by atoms with Crippen molar-refractivity contribution < 1.29 is 26.0 Å². The van der Waals surface area contributed by atoms with Crippen molar-refractivity contribution in [2.75, 3.05) is 17.5 Å². The summed E-state index contributed by atoms with van der Waals surface area (Å²) in [6.07, 6.45) is 1.82. The number of anilines is 1. The lowest BCUT2D eigenvalue weighted by Crippen LogP contribution is -2.57. The fourth-order valence-corrected chi connectivity index (χ4v) is 5.54. The van der Waals surface area contributed by atoms with Gasteiger partial charge in [0.15, 0.2) is 0 Å². The molecule has 1 amide bonds. The summed E-state index contributed by atoms with van der Waals surface area (Å²) < 4.78 is 65.3. The number of sulfonamides is 2. The fourth-order valence-electron chi connectivity index (χ4n) is 3.10. The van der Waals surface area contributed by atoms with E-state index in [0.29, 0.717) is 12.8 Å². The van der Waals surface area contributed by atoms with Gasteiger partial charge in [-0.15, -0.1) is 0 Å².